The van der Waals surface area contributed by atoms with Gasteiger partial charge in [-0.1, -0.05) is 45.4 Å². The molecule has 0 aliphatic carbocycles. The number of benzene rings is 2. The van der Waals surface area contributed by atoms with E-state index < -0.39 is 0 Å². The van der Waals surface area contributed by atoms with Crippen LogP contribution in [0, 0.1) is 11.8 Å². The first-order chi connectivity index (χ1) is 9.95. The fraction of sp³-hybridized carbons (Fsp3) is 0.444. The Morgan fingerprint density at radius 3 is 2.19 bits per heavy atom. The summed E-state index contributed by atoms with van der Waals surface area (Å²) >= 11 is 6.30. The average molecular weight is 307 g/mol. The van der Waals surface area contributed by atoms with Crippen LogP contribution >= 0.6 is 11.6 Å². The predicted octanol–water partition coefficient (Wildman–Crippen LogP) is 5.56. The van der Waals surface area contributed by atoms with Crippen LogP contribution in [0.2, 0.25) is 5.02 Å². The van der Waals surface area contributed by atoms with Crippen molar-refractivity contribution >= 4 is 22.4 Å². The summed E-state index contributed by atoms with van der Waals surface area (Å²) in [6.45, 7) is 9.89. The van der Waals surface area contributed by atoms with Crippen molar-refractivity contribution in [2.75, 3.05) is 13.2 Å². The molecule has 0 saturated carbocycles. The molecule has 2 rings (SSSR count). The van der Waals surface area contributed by atoms with Crippen LogP contribution < -0.4 is 9.47 Å². The molecule has 21 heavy (non-hydrogen) atoms. The van der Waals surface area contributed by atoms with Gasteiger partial charge in [-0.15, -0.1) is 0 Å². The lowest BCUT2D eigenvalue weighted by Crippen LogP contribution is -2.05. The van der Waals surface area contributed by atoms with Gasteiger partial charge >= 0.3 is 0 Å². The maximum Gasteiger partial charge on any atom is 0.138 e. The Labute approximate surface area is 132 Å². The van der Waals surface area contributed by atoms with Crippen molar-refractivity contribution in [2.24, 2.45) is 11.8 Å². The highest BCUT2D eigenvalue weighted by Crippen LogP contribution is 2.32. The minimum Gasteiger partial charge on any atom is -0.493 e. The van der Waals surface area contributed by atoms with E-state index in [0.717, 1.165) is 28.9 Å². The number of ether oxygens (including phenoxy) is 2. The molecule has 0 aliphatic rings. The van der Waals surface area contributed by atoms with E-state index in [1.807, 2.05) is 30.3 Å². The van der Waals surface area contributed by atoms with Gasteiger partial charge in [0.05, 0.1) is 18.2 Å². The molecule has 2 aromatic rings. The SMILES string of the molecule is CC(C)COc1ccc2cc(OCC(C)C)c(Cl)cc2c1. The number of fused-ring (bicyclic) bond motifs is 1. The summed E-state index contributed by atoms with van der Waals surface area (Å²) < 4.78 is 11.5. The lowest BCUT2D eigenvalue weighted by Gasteiger charge is -2.13. The second-order valence-electron chi connectivity index (χ2n) is 6.20. The van der Waals surface area contributed by atoms with Gasteiger partial charge < -0.3 is 9.47 Å². The number of hydrogen-bond acceptors (Lipinski definition) is 2. The van der Waals surface area contributed by atoms with Crippen LogP contribution in [0.15, 0.2) is 30.3 Å². The van der Waals surface area contributed by atoms with Crippen molar-refractivity contribution < 1.29 is 9.47 Å². The first kappa shape index (κ1) is 16.0. The molecule has 0 radical (unpaired) electrons. The highest BCUT2D eigenvalue weighted by atomic mass is 35.5. The molecule has 0 fully saturated rings. The Bertz CT molecular complexity index is 605. The zero-order valence-electron chi connectivity index (χ0n) is 13.2. The minimum atomic E-state index is 0.476. The lowest BCUT2D eigenvalue weighted by molar-refractivity contribution is 0.271. The molecule has 0 unspecified atom stereocenters. The van der Waals surface area contributed by atoms with Gasteiger partial charge in [-0.2, -0.15) is 0 Å². The molecule has 0 aromatic heterocycles. The monoisotopic (exact) mass is 306 g/mol. The molecule has 0 spiro atoms. The van der Waals surface area contributed by atoms with Gasteiger partial charge in [-0.3, -0.25) is 0 Å². The van der Waals surface area contributed by atoms with Crippen LogP contribution in [0.4, 0.5) is 0 Å². The molecule has 3 heteroatoms. The van der Waals surface area contributed by atoms with E-state index in [0.29, 0.717) is 23.5 Å². The largest absolute Gasteiger partial charge is 0.493 e. The molecule has 0 bridgehead atoms. The maximum absolute atomic E-state index is 6.30. The Kier molecular flexibility index (Phi) is 5.35. The van der Waals surface area contributed by atoms with Crippen LogP contribution in [-0.2, 0) is 0 Å². The summed E-state index contributed by atoms with van der Waals surface area (Å²) in [6, 6.07) is 9.99. The van der Waals surface area contributed by atoms with Crippen molar-refractivity contribution in [3.8, 4) is 11.5 Å². The Balaban J connectivity index is 2.22. The van der Waals surface area contributed by atoms with E-state index in [1.165, 1.54) is 0 Å². The second-order valence-corrected chi connectivity index (χ2v) is 6.61. The van der Waals surface area contributed by atoms with Gasteiger partial charge in [0.2, 0.25) is 0 Å². The lowest BCUT2D eigenvalue weighted by atomic mass is 10.1. The highest BCUT2D eigenvalue weighted by Gasteiger charge is 2.07. The van der Waals surface area contributed by atoms with E-state index in [9.17, 15) is 0 Å². The Morgan fingerprint density at radius 1 is 0.857 bits per heavy atom. The normalized spacial score (nSPS) is 11.4. The first-order valence-electron chi connectivity index (χ1n) is 7.44. The van der Waals surface area contributed by atoms with Crippen molar-refractivity contribution in [1.29, 1.82) is 0 Å². The van der Waals surface area contributed by atoms with Crippen LogP contribution in [-0.4, -0.2) is 13.2 Å². The minimum absolute atomic E-state index is 0.476. The average Bonchev–Trinajstić information content (AvgIpc) is 2.42. The van der Waals surface area contributed by atoms with E-state index in [-0.39, 0.29) is 0 Å². The molecular weight excluding hydrogens is 284 g/mol. The number of rotatable bonds is 6. The number of halogens is 1. The zero-order valence-corrected chi connectivity index (χ0v) is 13.9. The van der Waals surface area contributed by atoms with E-state index in [1.54, 1.807) is 0 Å². The van der Waals surface area contributed by atoms with Crippen LogP contribution in [0.3, 0.4) is 0 Å². The molecule has 114 valence electrons. The zero-order chi connectivity index (χ0) is 15.4. The van der Waals surface area contributed by atoms with E-state index in [2.05, 4.69) is 27.7 Å². The molecular formula is C18H23ClO2. The Hall–Kier alpha value is -1.41. The van der Waals surface area contributed by atoms with Crippen LogP contribution in [0.25, 0.3) is 10.8 Å². The molecule has 0 aliphatic heterocycles. The molecule has 0 heterocycles. The third-order valence-electron chi connectivity index (χ3n) is 3.02. The van der Waals surface area contributed by atoms with Crippen LogP contribution in [0.1, 0.15) is 27.7 Å². The van der Waals surface area contributed by atoms with Crippen molar-refractivity contribution in [3.63, 3.8) is 0 Å². The van der Waals surface area contributed by atoms with Crippen molar-refractivity contribution in [3.05, 3.63) is 35.4 Å². The van der Waals surface area contributed by atoms with Gasteiger partial charge in [0, 0.05) is 0 Å². The third kappa shape index (κ3) is 4.53. The van der Waals surface area contributed by atoms with Crippen molar-refractivity contribution in [1.82, 2.24) is 0 Å². The van der Waals surface area contributed by atoms with E-state index in [4.69, 9.17) is 21.1 Å². The van der Waals surface area contributed by atoms with Gasteiger partial charge in [0.25, 0.3) is 0 Å². The summed E-state index contributed by atoms with van der Waals surface area (Å²) in [4.78, 5) is 0. The van der Waals surface area contributed by atoms with Gasteiger partial charge in [0.15, 0.2) is 0 Å². The summed E-state index contributed by atoms with van der Waals surface area (Å²) in [5.74, 6) is 2.61. The molecule has 0 saturated heterocycles. The maximum atomic E-state index is 6.30. The van der Waals surface area contributed by atoms with Gasteiger partial charge in [0.1, 0.15) is 11.5 Å². The third-order valence-corrected chi connectivity index (χ3v) is 3.31. The molecule has 2 nitrogen and oxygen atoms in total. The molecule has 2 aromatic carbocycles. The standard InChI is InChI=1S/C18H23ClO2/c1-12(2)10-20-16-6-5-14-9-18(21-11-13(3)4)17(19)8-15(14)7-16/h5-9,12-13H,10-11H2,1-4H3. The smallest absolute Gasteiger partial charge is 0.138 e. The van der Waals surface area contributed by atoms with Crippen LogP contribution in [0.5, 0.6) is 11.5 Å². The molecule has 0 amide bonds. The summed E-state index contributed by atoms with van der Waals surface area (Å²) in [6.07, 6.45) is 0. The van der Waals surface area contributed by atoms with Crippen molar-refractivity contribution in [2.45, 2.75) is 27.7 Å². The number of hydrogen-bond donors (Lipinski definition) is 0. The molecule has 0 N–H and O–H groups in total. The second kappa shape index (κ2) is 7.04. The fourth-order valence-electron chi connectivity index (χ4n) is 1.95. The highest BCUT2D eigenvalue weighted by molar-refractivity contribution is 6.32. The molecule has 0 atom stereocenters. The van der Waals surface area contributed by atoms with Gasteiger partial charge in [-0.25, -0.2) is 0 Å². The first-order valence-corrected chi connectivity index (χ1v) is 7.82. The van der Waals surface area contributed by atoms with Gasteiger partial charge in [-0.05, 0) is 46.9 Å². The summed E-state index contributed by atoms with van der Waals surface area (Å²) in [7, 11) is 0. The Morgan fingerprint density at radius 2 is 1.52 bits per heavy atom. The topological polar surface area (TPSA) is 18.5 Å². The summed E-state index contributed by atoms with van der Waals surface area (Å²) in [5, 5.41) is 2.82. The van der Waals surface area contributed by atoms with E-state index >= 15 is 0 Å². The quantitative estimate of drug-likeness (QED) is 0.695. The predicted molar refractivity (Wildman–Crippen MR) is 89.6 cm³/mol. The summed E-state index contributed by atoms with van der Waals surface area (Å²) in [5.41, 5.74) is 0. The fourth-order valence-corrected chi connectivity index (χ4v) is 2.17.